The lowest BCUT2D eigenvalue weighted by Crippen LogP contribution is -2.32. The van der Waals surface area contributed by atoms with Gasteiger partial charge in [-0.2, -0.15) is 0 Å². The Balaban J connectivity index is 1.47. The molecule has 2 aliphatic rings. The lowest BCUT2D eigenvalue weighted by Gasteiger charge is -2.26. The van der Waals surface area contributed by atoms with Gasteiger partial charge < -0.3 is 15.2 Å². The fraction of sp³-hybridized carbons (Fsp3) is 0.619. The highest BCUT2D eigenvalue weighted by Gasteiger charge is 2.27. The van der Waals surface area contributed by atoms with Gasteiger partial charge in [-0.15, -0.1) is 0 Å². The van der Waals surface area contributed by atoms with Crippen LogP contribution < -0.4 is 10.1 Å². The van der Waals surface area contributed by atoms with E-state index in [9.17, 15) is 9.59 Å². The first kappa shape index (κ1) is 18.7. The second-order valence-electron chi connectivity index (χ2n) is 7.71. The van der Waals surface area contributed by atoms with Crippen molar-refractivity contribution in [3.05, 3.63) is 29.8 Å². The summed E-state index contributed by atoms with van der Waals surface area (Å²) in [6.45, 7) is 2.21. The first-order chi connectivity index (χ1) is 12.5. The number of carboxylic acid groups (broad SMARTS) is 1. The van der Waals surface area contributed by atoms with E-state index in [0.717, 1.165) is 37.4 Å². The predicted octanol–water partition coefficient (Wildman–Crippen LogP) is 4.02. The fourth-order valence-electron chi connectivity index (χ4n) is 4.15. The van der Waals surface area contributed by atoms with Crippen molar-refractivity contribution in [1.82, 2.24) is 5.32 Å². The highest BCUT2D eigenvalue weighted by molar-refractivity contribution is 5.94. The van der Waals surface area contributed by atoms with Crippen LogP contribution in [-0.2, 0) is 4.79 Å². The predicted molar refractivity (Wildman–Crippen MR) is 99.3 cm³/mol. The first-order valence-corrected chi connectivity index (χ1v) is 9.85. The zero-order valence-corrected chi connectivity index (χ0v) is 15.4. The number of carbonyl (C=O) groups is 2. The van der Waals surface area contributed by atoms with Crippen molar-refractivity contribution in [3.8, 4) is 5.75 Å². The van der Waals surface area contributed by atoms with E-state index >= 15 is 0 Å². The molecule has 2 N–H and O–H groups in total. The third kappa shape index (κ3) is 4.77. The maximum Gasteiger partial charge on any atom is 0.306 e. The Labute approximate surface area is 155 Å². The van der Waals surface area contributed by atoms with E-state index in [-0.39, 0.29) is 17.9 Å². The molecule has 2 aliphatic carbocycles. The van der Waals surface area contributed by atoms with E-state index in [1.54, 1.807) is 12.1 Å². The van der Waals surface area contributed by atoms with Crippen LogP contribution in [0.1, 0.15) is 68.6 Å². The van der Waals surface area contributed by atoms with Crippen LogP contribution >= 0.6 is 0 Å². The van der Waals surface area contributed by atoms with Crippen LogP contribution in [0.5, 0.6) is 5.75 Å². The molecule has 2 unspecified atom stereocenters. The number of benzene rings is 1. The second-order valence-corrected chi connectivity index (χ2v) is 7.71. The SMILES string of the molecule is CCC1CCC(NC(=O)c2ccc(OC3CCC(C(=O)O)CC3)cc2)C1. The standard InChI is InChI=1S/C21H29NO4/c1-2-14-3-8-17(13-14)22-20(23)15-4-9-18(10-5-15)26-19-11-6-16(7-12-19)21(24)25/h4-5,9-10,14,16-17,19H,2-3,6-8,11-13H2,1H3,(H,22,23)(H,24,25). The van der Waals surface area contributed by atoms with Gasteiger partial charge in [-0.05, 0) is 75.1 Å². The average Bonchev–Trinajstić information content (AvgIpc) is 3.10. The number of carboxylic acids is 1. The summed E-state index contributed by atoms with van der Waals surface area (Å²) in [5, 5.41) is 12.2. The maximum atomic E-state index is 12.4. The molecule has 2 saturated carbocycles. The highest BCUT2D eigenvalue weighted by Crippen LogP contribution is 2.29. The largest absolute Gasteiger partial charge is 0.490 e. The molecule has 5 heteroatoms. The Hall–Kier alpha value is -2.04. The molecule has 1 amide bonds. The molecule has 26 heavy (non-hydrogen) atoms. The van der Waals surface area contributed by atoms with Crippen LogP contribution in [0.2, 0.25) is 0 Å². The summed E-state index contributed by atoms with van der Waals surface area (Å²) < 4.78 is 5.96. The van der Waals surface area contributed by atoms with Crippen molar-refractivity contribution >= 4 is 11.9 Å². The molecular weight excluding hydrogens is 330 g/mol. The second kappa shape index (κ2) is 8.56. The Morgan fingerprint density at radius 1 is 1.08 bits per heavy atom. The quantitative estimate of drug-likeness (QED) is 0.804. The molecule has 3 rings (SSSR count). The highest BCUT2D eigenvalue weighted by atomic mass is 16.5. The molecule has 5 nitrogen and oxygen atoms in total. The third-order valence-electron chi connectivity index (χ3n) is 5.90. The summed E-state index contributed by atoms with van der Waals surface area (Å²) in [5.74, 6) is 0.537. The molecule has 0 heterocycles. The van der Waals surface area contributed by atoms with Gasteiger partial charge in [0.2, 0.25) is 0 Å². The number of carbonyl (C=O) groups excluding carboxylic acids is 1. The molecular formula is C21H29NO4. The van der Waals surface area contributed by atoms with Crippen LogP contribution in [0.15, 0.2) is 24.3 Å². The number of hydrogen-bond acceptors (Lipinski definition) is 3. The van der Waals surface area contributed by atoms with Crippen molar-refractivity contribution < 1.29 is 19.4 Å². The normalized spacial score (nSPS) is 28.5. The van der Waals surface area contributed by atoms with Crippen LogP contribution in [0.4, 0.5) is 0 Å². The lowest BCUT2D eigenvalue weighted by atomic mass is 9.87. The van der Waals surface area contributed by atoms with Crippen molar-refractivity contribution in [2.45, 2.75) is 70.4 Å². The number of nitrogens with one attached hydrogen (secondary N) is 1. The molecule has 0 spiro atoms. The van der Waals surface area contributed by atoms with E-state index in [4.69, 9.17) is 9.84 Å². The summed E-state index contributed by atoms with van der Waals surface area (Å²) in [6.07, 6.45) is 7.48. The third-order valence-corrected chi connectivity index (χ3v) is 5.90. The molecule has 0 bridgehead atoms. The Kier molecular flexibility index (Phi) is 6.17. The summed E-state index contributed by atoms with van der Waals surface area (Å²) >= 11 is 0. The van der Waals surface area contributed by atoms with Gasteiger partial charge in [0, 0.05) is 11.6 Å². The molecule has 0 aliphatic heterocycles. The zero-order valence-electron chi connectivity index (χ0n) is 15.4. The van der Waals surface area contributed by atoms with Gasteiger partial charge in [0.25, 0.3) is 5.91 Å². The monoisotopic (exact) mass is 359 g/mol. The van der Waals surface area contributed by atoms with E-state index in [1.165, 1.54) is 12.8 Å². The molecule has 1 aromatic rings. The van der Waals surface area contributed by atoms with Gasteiger partial charge >= 0.3 is 5.97 Å². The molecule has 2 fully saturated rings. The Bertz CT molecular complexity index is 619. The van der Waals surface area contributed by atoms with Gasteiger partial charge in [-0.25, -0.2) is 0 Å². The molecule has 0 radical (unpaired) electrons. The van der Waals surface area contributed by atoms with Gasteiger partial charge in [-0.1, -0.05) is 13.3 Å². The van der Waals surface area contributed by atoms with Crippen molar-refractivity contribution in [1.29, 1.82) is 0 Å². The van der Waals surface area contributed by atoms with Gasteiger partial charge in [0.15, 0.2) is 0 Å². The van der Waals surface area contributed by atoms with Crippen LogP contribution in [-0.4, -0.2) is 29.1 Å². The number of ether oxygens (including phenoxy) is 1. The first-order valence-electron chi connectivity index (χ1n) is 9.85. The maximum absolute atomic E-state index is 12.4. The fourth-order valence-corrected chi connectivity index (χ4v) is 4.15. The van der Waals surface area contributed by atoms with E-state index in [2.05, 4.69) is 12.2 Å². The summed E-state index contributed by atoms with van der Waals surface area (Å²) in [5.41, 5.74) is 0.659. The molecule has 0 saturated heterocycles. The average molecular weight is 359 g/mol. The van der Waals surface area contributed by atoms with Crippen LogP contribution in [0.25, 0.3) is 0 Å². The smallest absolute Gasteiger partial charge is 0.306 e. The number of rotatable bonds is 6. The summed E-state index contributed by atoms with van der Waals surface area (Å²) in [4.78, 5) is 23.4. The minimum atomic E-state index is -0.702. The van der Waals surface area contributed by atoms with Crippen molar-refractivity contribution in [3.63, 3.8) is 0 Å². The van der Waals surface area contributed by atoms with Crippen LogP contribution in [0.3, 0.4) is 0 Å². The van der Waals surface area contributed by atoms with E-state index < -0.39 is 5.97 Å². The van der Waals surface area contributed by atoms with Gasteiger partial charge in [0.1, 0.15) is 5.75 Å². The topological polar surface area (TPSA) is 75.6 Å². The Morgan fingerprint density at radius 2 is 1.77 bits per heavy atom. The van der Waals surface area contributed by atoms with Crippen molar-refractivity contribution in [2.75, 3.05) is 0 Å². The van der Waals surface area contributed by atoms with Gasteiger partial charge in [0.05, 0.1) is 12.0 Å². The summed E-state index contributed by atoms with van der Waals surface area (Å²) in [6, 6.07) is 7.58. The number of amides is 1. The minimum Gasteiger partial charge on any atom is -0.490 e. The molecule has 2 atom stereocenters. The minimum absolute atomic E-state index is 0.0136. The lowest BCUT2D eigenvalue weighted by molar-refractivity contribution is -0.143. The molecule has 142 valence electrons. The molecule has 1 aromatic carbocycles. The molecule has 0 aromatic heterocycles. The Morgan fingerprint density at radius 3 is 2.35 bits per heavy atom. The van der Waals surface area contributed by atoms with E-state index in [0.29, 0.717) is 24.4 Å². The van der Waals surface area contributed by atoms with Crippen LogP contribution in [0, 0.1) is 11.8 Å². The summed E-state index contributed by atoms with van der Waals surface area (Å²) in [7, 11) is 0. The number of hydrogen-bond donors (Lipinski definition) is 2. The zero-order chi connectivity index (χ0) is 18.5. The number of aliphatic carboxylic acids is 1. The van der Waals surface area contributed by atoms with Gasteiger partial charge in [-0.3, -0.25) is 9.59 Å². The van der Waals surface area contributed by atoms with E-state index in [1.807, 2.05) is 12.1 Å². The van der Waals surface area contributed by atoms with Crippen molar-refractivity contribution in [2.24, 2.45) is 11.8 Å².